The van der Waals surface area contributed by atoms with Gasteiger partial charge in [-0.05, 0) is 41.5 Å². The van der Waals surface area contributed by atoms with Gasteiger partial charge in [0, 0.05) is 0 Å². The van der Waals surface area contributed by atoms with Gasteiger partial charge in [-0.3, -0.25) is 0 Å². The van der Waals surface area contributed by atoms with E-state index in [4.69, 9.17) is 0 Å². The summed E-state index contributed by atoms with van der Waals surface area (Å²) in [6.07, 6.45) is -3.43. The number of benzene rings is 2. The van der Waals surface area contributed by atoms with Crippen molar-refractivity contribution in [1.82, 2.24) is 0 Å². The van der Waals surface area contributed by atoms with Crippen LogP contribution in [0.15, 0.2) is 54.6 Å². The Hall–Kier alpha value is -2.21. The monoisotopic (exact) mass is 314 g/mol. The van der Waals surface area contributed by atoms with Crippen molar-refractivity contribution in [3.8, 4) is 0 Å². The van der Waals surface area contributed by atoms with E-state index in [-0.39, 0.29) is 5.56 Å². The number of rotatable bonds is 3. The molecule has 0 saturated carbocycles. The first-order valence-electron chi connectivity index (χ1n) is 6.22. The third-order valence-electron chi connectivity index (χ3n) is 3.10. The van der Waals surface area contributed by atoms with Gasteiger partial charge >= 0.3 is 6.18 Å². The normalized spacial score (nSPS) is 15.0. The van der Waals surface area contributed by atoms with E-state index in [9.17, 15) is 27.1 Å². The van der Waals surface area contributed by atoms with E-state index in [1.165, 1.54) is 12.1 Å². The molecule has 6 heteroatoms. The van der Waals surface area contributed by atoms with E-state index in [2.05, 4.69) is 0 Å². The molecule has 1 nitrogen and oxygen atoms in total. The molecule has 0 saturated heterocycles. The summed E-state index contributed by atoms with van der Waals surface area (Å²) in [4.78, 5) is 0. The minimum absolute atomic E-state index is 0.284. The minimum Gasteiger partial charge on any atom is -0.373 e. The fraction of sp³-hybridized carbons (Fsp3) is 0.125. The molecule has 0 fully saturated rings. The first-order chi connectivity index (χ1) is 10.2. The summed E-state index contributed by atoms with van der Waals surface area (Å²) in [5.41, 5.74) is -3.50. The van der Waals surface area contributed by atoms with Gasteiger partial charge in [0.1, 0.15) is 11.6 Å². The number of hydrogen-bond acceptors (Lipinski definition) is 1. The van der Waals surface area contributed by atoms with Gasteiger partial charge in [-0.1, -0.05) is 30.3 Å². The van der Waals surface area contributed by atoms with Crippen molar-refractivity contribution in [3.05, 3.63) is 77.4 Å². The van der Waals surface area contributed by atoms with Gasteiger partial charge in [0.15, 0.2) is 0 Å². The molecular formula is C16H11F5O. The quantitative estimate of drug-likeness (QED) is 0.831. The topological polar surface area (TPSA) is 20.2 Å². The van der Waals surface area contributed by atoms with Crippen molar-refractivity contribution < 1.29 is 27.1 Å². The highest BCUT2D eigenvalue weighted by molar-refractivity contribution is 5.52. The first kappa shape index (κ1) is 16.2. The molecule has 0 aliphatic carbocycles. The fourth-order valence-electron chi connectivity index (χ4n) is 1.85. The van der Waals surface area contributed by atoms with Crippen LogP contribution in [-0.4, -0.2) is 11.3 Å². The molecule has 2 rings (SSSR count). The molecular weight excluding hydrogens is 303 g/mol. The predicted molar refractivity (Wildman–Crippen MR) is 71.8 cm³/mol. The molecule has 0 heterocycles. The lowest BCUT2D eigenvalue weighted by Crippen LogP contribution is -2.40. The lowest BCUT2D eigenvalue weighted by Gasteiger charge is -2.28. The zero-order valence-electron chi connectivity index (χ0n) is 11.1. The Morgan fingerprint density at radius 3 is 1.68 bits per heavy atom. The molecule has 0 amide bonds. The first-order valence-corrected chi connectivity index (χ1v) is 6.22. The Morgan fingerprint density at radius 2 is 1.23 bits per heavy atom. The minimum atomic E-state index is -5.00. The average Bonchev–Trinajstić information content (AvgIpc) is 2.46. The molecule has 0 aliphatic rings. The van der Waals surface area contributed by atoms with Crippen LogP contribution in [0.1, 0.15) is 11.1 Å². The summed E-state index contributed by atoms with van der Waals surface area (Å²) < 4.78 is 65.2. The Morgan fingerprint density at radius 1 is 0.773 bits per heavy atom. The van der Waals surface area contributed by atoms with Crippen LogP contribution in [0.2, 0.25) is 0 Å². The maximum atomic E-state index is 13.2. The molecule has 0 bridgehead atoms. The second kappa shape index (κ2) is 5.88. The molecule has 2 aromatic carbocycles. The number of alkyl halides is 3. The summed E-state index contributed by atoms with van der Waals surface area (Å²) in [6, 6.07) is 8.10. The molecule has 0 aliphatic heterocycles. The van der Waals surface area contributed by atoms with Crippen LogP contribution >= 0.6 is 0 Å². The van der Waals surface area contributed by atoms with Gasteiger partial charge in [-0.15, -0.1) is 0 Å². The van der Waals surface area contributed by atoms with Crippen molar-refractivity contribution in [3.63, 3.8) is 0 Å². The van der Waals surface area contributed by atoms with E-state index in [0.717, 1.165) is 42.5 Å². The Kier molecular flexibility index (Phi) is 4.32. The second-order valence-electron chi connectivity index (χ2n) is 4.66. The van der Waals surface area contributed by atoms with Crippen LogP contribution in [-0.2, 0) is 5.60 Å². The molecule has 116 valence electrons. The van der Waals surface area contributed by atoms with Gasteiger partial charge in [0.05, 0.1) is 0 Å². The summed E-state index contributed by atoms with van der Waals surface area (Å²) >= 11 is 0. The highest BCUT2D eigenvalue weighted by atomic mass is 19.4. The fourth-order valence-corrected chi connectivity index (χ4v) is 1.85. The zero-order chi connectivity index (χ0) is 16.4. The van der Waals surface area contributed by atoms with Gasteiger partial charge in [0.25, 0.3) is 0 Å². The second-order valence-corrected chi connectivity index (χ2v) is 4.66. The van der Waals surface area contributed by atoms with Crippen molar-refractivity contribution in [2.24, 2.45) is 0 Å². The Labute approximate surface area is 123 Å². The number of hydrogen-bond donors (Lipinski definition) is 1. The molecule has 2 aromatic rings. The van der Waals surface area contributed by atoms with Crippen LogP contribution in [0, 0.1) is 11.6 Å². The third kappa shape index (κ3) is 3.33. The van der Waals surface area contributed by atoms with Crippen molar-refractivity contribution in [2.45, 2.75) is 11.8 Å². The Balaban J connectivity index is 2.42. The molecule has 0 radical (unpaired) electrons. The van der Waals surface area contributed by atoms with E-state index >= 15 is 0 Å². The average molecular weight is 314 g/mol. The van der Waals surface area contributed by atoms with Crippen LogP contribution in [0.25, 0.3) is 6.08 Å². The lowest BCUT2D eigenvalue weighted by molar-refractivity contribution is -0.244. The molecule has 0 spiro atoms. The number of halogens is 5. The van der Waals surface area contributed by atoms with Crippen LogP contribution in [0.5, 0.6) is 0 Å². The molecule has 1 unspecified atom stereocenters. The third-order valence-corrected chi connectivity index (χ3v) is 3.10. The van der Waals surface area contributed by atoms with Crippen molar-refractivity contribution in [2.75, 3.05) is 0 Å². The van der Waals surface area contributed by atoms with Crippen molar-refractivity contribution >= 4 is 6.08 Å². The summed E-state index contributed by atoms with van der Waals surface area (Å²) in [7, 11) is 0. The van der Waals surface area contributed by atoms with Gasteiger partial charge in [-0.2, -0.15) is 13.2 Å². The van der Waals surface area contributed by atoms with Crippen molar-refractivity contribution in [1.29, 1.82) is 0 Å². The van der Waals surface area contributed by atoms with Gasteiger partial charge in [0.2, 0.25) is 5.60 Å². The SMILES string of the molecule is OC(/C=C/c1ccc(F)cc1)(c1ccc(F)cc1)C(F)(F)F. The number of aliphatic hydroxyl groups is 1. The standard InChI is InChI=1S/C16H11F5O/c17-13-5-1-11(2-6-13)9-10-15(22,16(19,20)21)12-3-7-14(18)8-4-12/h1-10,22H/b10-9+. The summed E-state index contributed by atoms with van der Waals surface area (Å²) in [5.74, 6) is -1.24. The highest BCUT2D eigenvalue weighted by Crippen LogP contribution is 2.40. The molecule has 0 aromatic heterocycles. The summed E-state index contributed by atoms with van der Waals surface area (Å²) in [6.45, 7) is 0. The zero-order valence-corrected chi connectivity index (χ0v) is 11.1. The maximum Gasteiger partial charge on any atom is 0.425 e. The van der Waals surface area contributed by atoms with Crippen LogP contribution in [0.3, 0.4) is 0 Å². The largest absolute Gasteiger partial charge is 0.425 e. The maximum absolute atomic E-state index is 13.2. The highest BCUT2D eigenvalue weighted by Gasteiger charge is 2.53. The van der Waals surface area contributed by atoms with Gasteiger partial charge in [-0.25, -0.2) is 8.78 Å². The van der Waals surface area contributed by atoms with Gasteiger partial charge < -0.3 is 5.11 Å². The summed E-state index contributed by atoms with van der Waals surface area (Å²) in [5, 5.41) is 10.0. The predicted octanol–water partition coefficient (Wildman–Crippen LogP) is 4.43. The van der Waals surface area contributed by atoms with E-state index in [1.54, 1.807) is 0 Å². The van der Waals surface area contributed by atoms with E-state index in [0.29, 0.717) is 6.08 Å². The smallest absolute Gasteiger partial charge is 0.373 e. The van der Waals surface area contributed by atoms with Crippen LogP contribution in [0.4, 0.5) is 22.0 Å². The van der Waals surface area contributed by atoms with E-state index in [1.807, 2.05) is 0 Å². The van der Waals surface area contributed by atoms with E-state index < -0.39 is 29.0 Å². The lowest BCUT2D eigenvalue weighted by atomic mass is 9.92. The molecule has 1 N–H and O–H groups in total. The Bertz CT molecular complexity index is 658. The molecule has 22 heavy (non-hydrogen) atoms. The van der Waals surface area contributed by atoms with Crippen LogP contribution < -0.4 is 0 Å². The molecule has 1 atom stereocenters.